The van der Waals surface area contributed by atoms with Gasteiger partial charge in [0.2, 0.25) is 0 Å². The predicted molar refractivity (Wildman–Crippen MR) is 95.8 cm³/mol. The van der Waals surface area contributed by atoms with E-state index in [4.69, 9.17) is 10.7 Å². The van der Waals surface area contributed by atoms with Crippen molar-refractivity contribution in [2.45, 2.75) is 51.1 Å². The molecule has 5 nitrogen and oxygen atoms in total. The summed E-state index contributed by atoms with van der Waals surface area (Å²) in [6.07, 6.45) is 5.18. The number of nitrogens with two attached hydrogens (primary N) is 1. The molecule has 1 saturated carbocycles. The van der Waals surface area contributed by atoms with E-state index in [1.165, 1.54) is 6.42 Å². The summed E-state index contributed by atoms with van der Waals surface area (Å²) in [4.78, 5) is 4.75. The van der Waals surface area contributed by atoms with E-state index in [1.54, 1.807) is 0 Å². The molecule has 2 aromatic rings. The molecular weight excluding hydrogens is 336 g/mol. The van der Waals surface area contributed by atoms with Crippen LogP contribution in [-0.2, 0) is 13.6 Å². The largest absolute Gasteiger partial charge is 1.00 e. The Morgan fingerprint density at radius 1 is 1.24 bits per heavy atom. The molecule has 0 bridgehead atoms. The Bertz CT molecular complexity index is 875. The minimum atomic E-state index is -0.486. The highest BCUT2D eigenvalue weighted by Gasteiger charge is 2.46. The second kappa shape index (κ2) is 6.37. The second-order valence-corrected chi connectivity index (χ2v) is 6.93. The third kappa shape index (κ3) is 2.44. The molecular formula is C19H25ClN4O. The quantitative estimate of drug-likeness (QED) is 0.730. The van der Waals surface area contributed by atoms with Crippen molar-refractivity contribution in [3.63, 3.8) is 0 Å². The molecule has 1 aliphatic carbocycles. The average Bonchev–Trinajstić information content (AvgIpc) is 3.00. The molecule has 1 aromatic heterocycles. The number of nitrogens with zero attached hydrogens (tertiary/aromatic N) is 3. The highest BCUT2D eigenvalue weighted by Crippen LogP contribution is 2.43. The van der Waals surface area contributed by atoms with Crippen molar-refractivity contribution in [1.82, 2.24) is 4.57 Å². The van der Waals surface area contributed by atoms with Crippen LogP contribution in [0.2, 0.25) is 0 Å². The van der Waals surface area contributed by atoms with Gasteiger partial charge in [0.15, 0.2) is 11.0 Å². The predicted octanol–water partition coefficient (Wildman–Crippen LogP) is -0.167. The van der Waals surface area contributed by atoms with Crippen molar-refractivity contribution >= 4 is 22.4 Å². The number of aryl methyl sites for hydroxylation is 2. The monoisotopic (exact) mass is 360 g/mol. The lowest BCUT2D eigenvalue weighted by atomic mass is 9.81. The van der Waals surface area contributed by atoms with E-state index < -0.39 is 5.54 Å². The molecule has 4 rings (SSSR count). The van der Waals surface area contributed by atoms with Gasteiger partial charge in [0.05, 0.1) is 13.6 Å². The molecule has 1 spiro atoms. The number of fused-ring (bicyclic) bond motifs is 1. The zero-order valence-corrected chi connectivity index (χ0v) is 15.6. The van der Waals surface area contributed by atoms with Gasteiger partial charge in [-0.25, -0.2) is 9.13 Å². The van der Waals surface area contributed by atoms with Crippen LogP contribution in [0.4, 0.5) is 0 Å². The number of aliphatic imine (C=N–C) groups is 1. The van der Waals surface area contributed by atoms with Crippen molar-refractivity contribution in [2.24, 2.45) is 17.8 Å². The van der Waals surface area contributed by atoms with Crippen LogP contribution < -0.4 is 22.7 Å². The maximum atomic E-state index is 11.1. The molecule has 0 unspecified atom stereocenters. The molecule has 3 N–H and O–H groups in total. The Kier molecular flexibility index (Phi) is 4.54. The van der Waals surface area contributed by atoms with Crippen molar-refractivity contribution in [3.8, 4) is 0 Å². The lowest BCUT2D eigenvalue weighted by Crippen LogP contribution is -3.00. The number of hydrogen-bond donors (Lipinski definition) is 2. The van der Waals surface area contributed by atoms with Gasteiger partial charge in [-0.15, -0.1) is 0 Å². The van der Waals surface area contributed by atoms with Crippen molar-refractivity contribution in [1.29, 1.82) is 0 Å². The Balaban J connectivity index is 0.00000182. The number of rotatable bonds is 2. The first-order valence-corrected chi connectivity index (χ1v) is 8.86. The average molecular weight is 361 g/mol. The van der Waals surface area contributed by atoms with Crippen LogP contribution in [0.15, 0.2) is 35.0 Å². The standard InChI is InChI=1S/C19H24N4O.ClH/c1-3-23-14-10-6-5-9-13(14)22(2)18(23)15-16(24)19(21-17(15)20)11-7-4-8-12-19;/h5-6,9-10H,3-4,7-8,11-12H2,1-2H3,(H2,20,21);1H. The molecule has 0 atom stereocenters. The minimum Gasteiger partial charge on any atom is -1.00 e. The Labute approximate surface area is 154 Å². The van der Waals surface area contributed by atoms with Crippen LogP contribution in [0.25, 0.3) is 16.6 Å². The summed E-state index contributed by atoms with van der Waals surface area (Å²) in [7, 11) is 2.03. The normalized spacial score (nSPS) is 19.4. The maximum Gasteiger partial charge on any atom is 0.296 e. The zero-order chi connectivity index (χ0) is 16.9. The molecule has 2 heterocycles. The molecule has 1 aliphatic heterocycles. The molecule has 25 heavy (non-hydrogen) atoms. The summed E-state index contributed by atoms with van der Waals surface area (Å²) in [6, 6.07) is 8.29. The number of para-hydroxylation sites is 2. The summed E-state index contributed by atoms with van der Waals surface area (Å²) in [6.45, 7) is 2.93. The summed E-state index contributed by atoms with van der Waals surface area (Å²) in [5, 5.41) is 11.1. The Morgan fingerprint density at radius 3 is 2.60 bits per heavy atom. The van der Waals surface area contributed by atoms with E-state index in [0.29, 0.717) is 11.6 Å². The molecule has 134 valence electrons. The number of halogens is 1. The van der Waals surface area contributed by atoms with E-state index in [-0.39, 0.29) is 12.4 Å². The third-order valence-electron chi connectivity index (χ3n) is 5.60. The highest BCUT2D eigenvalue weighted by molar-refractivity contribution is 6.23. The van der Waals surface area contributed by atoms with Gasteiger partial charge >= 0.3 is 0 Å². The minimum absolute atomic E-state index is 0. The van der Waals surface area contributed by atoms with Gasteiger partial charge in [0.25, 0.3) is 5.82 Å². The van der Waals surface area contributed by atoms with Crippen LogP contribution in [-0.4, -0.2) is 21.0 Å². The summed E-state index contributed by atoms with van der Waals surface area (Å²) in [5.74, 6) is 1.79. The Morgan fingerprint density at radius 2 is 1.92 bits per heavy atom. The first kappa shape index (κ1) is 17.8. The maximum absolute atomic E-state index is 11.1. The van der Waals surface area contributed by atoms with Gasteiger partial charge < -0.3 is 23.2 Å². The van der Waals surface area contributed by atoms with Crippen LogP contribution >= 0.6 is 0 Å². The van der Waals surface area contributed by atoms with Gasteiger partial charge in [-0.3, -0.25) is 4.99 Å². The van der Waals surface area contributed by atoms with Crippen LogP contribution in [0, 0.1) is 0 Å². The van der Waals surface area contributed by atoms with Gasteiger partial charge in [-0.05, 0) is 31.9 Å². The van der Waals surface area contributed by atoms with Crippen LogP contribution in [0.5, 0.6) is 0 Å². The first-order chi connectivity index (χ1) is 11.6. The number of hydrogen-bond acceptors (Lipinski definition) is 3. The van der Waals surface area contributed by atoms with Gasteiger partial charge in [-0.1, -0.05) is 31.4 Å². The lowest BCUT2D eigenvalue weighted by molar-refractivity contribution is -0.648. The molecule has 0 saturated heterocycles. The van der Waals surface area contributed by atoms with E-state index in [9.17, 15) is 5.11 Å². The van der Waals surface area contributed by atoms with Gasteiger partial charge in [0.1, 0.15) is 22.7 Å². The van der Waals surface area contributed by atoms with Crippen molar-refractivity contribution in [2.75, 3.05) is 0 Å². The molecule has 1 aromatic carbocycles. The van der Waals surface area contributed by atoms with Crippen LogP contribution in [0.1, 0.15) is 44.9 Å². The number of aromatic nitrogens is 2. The molecule has 2 aliphatic rings. The topological polar surface area (TPSA) is 67.4 Å². The SMILES string of the molecule is CCn1c(C2=C(O)C3(CCCCC3)N=C2N)[n+](C)c2ccccc21.[Cl-]. The zero-order valence-electron chi connectivity index (χ0n) is 14.8. The fourth-order valence-electron chi connectivity index (χ4n) is 4.41. The summed E-state index contributed by atoms with van der Waals surface area (Å²) in [5.41, 5.74) is 8.84. The van der Waals surface area contributed by atoms with E-state index in [1.807, 2.05) is 19.2 Å². The van der Waals surface area contributed by atoms with Gasteiger partial charge in [0, 0.05) is 0 Å². The second-order valence-electron chi connectivity index (χ2n) is 6.93. The highest BCUT2D eigenvalue weighted by atomic mass is 35.5. The molecule has 6 heteroatoms. The van der Waals surface area contributed by atoms with Gasteiger partial charge in [-0.2, -0.15) is 0 Å². The summed E-state index contributed by atoms with van der Waals surface area (Å²) >= 11 is 0. The van der Waals surface area contributed by atoms with E-state index in [0.717, 1.165) is 54.7 Å². The van der Waals surface area contributed by atoms with Crippen molar-refractivity contribution in [3.05, 3.63) is 35.8 Å². The van der Waals surface area contributed by atoms with E-state index in [2.05, 4.69) is 28.2 Å². The number of imidazole rings is 1. The smallest absolute Gasteiger partial charge is 0.296 e. The number of amidine groups is 1. The van der Waals surface area contributed by atoms with Crippen LogP contribution in [0.3, 0.4) is 0 Å². The van der Waals surface area contributed by atoms with Crippen molar-refractivity contribution < 1.29 is 22.1 Å². The first-order valence-electron chi connectivity index (χ1n) is 8.86. The molecule has 1 fully saturated rings. The third-order valence-corrected chi connectivity index (χ3v) is 5.60. The molecule has 0 amide bonds. The fourth-order valence-corrected chi connectivity index (χ4v) is 4.41. The molecule has 0 radical (unpaired) electrons. The number of benzene rings is 1. The number of aliphatic hydroxyl groups excluding tert-OH is 1. The fraction of sp³-hybridized carbons (Fsp3) is 0.474. The van der Waals surface area contributed by atoms with E-state index >= 15 is 0 Å². The lowest BCUT2D eigenvalue weighted by Gasteiger charge is -2.30. The Hall–Kier alpha value is -2.01. The summed E-state index contributed by atoms with van der Waals surface area (Å²) < 4.78 is 4.33. The number of aliphatic hydroxyl groups is 1.